The van der Waals surface area contributed by atoms with Gasteiger partial charge in [0.1, 0.15) is 5.75 Å². The van der Waals surface area contributed by atoms with Gasteiger partial charge in [-0.05, 0) is 79.0 Å². The fourth-order valence-electron chi connectivity index (χ4n) is 4.50. The highest BCUT2D eigenvalue weighted by molar-refractivity contribution is 6.30. The SMILES string of the molecule is CN(C(=O)C(c1ccc(Cl)cc1)c1ccc(Cl)cc1)[C@H](CN1CCCC1)c1ccc(O)cc1. The molecule has 4 rings (SSSR count). The molecule has 1 heterocycles. The molecule has 0 spiro atoms. The molecule has 33 heavy (non-hydrogen) atoms. The van der Waals surface area contributed by atoms with Crippen LogP contribution in [0.5, 0.6) is 5.75 Å². The van der Waals surface area contributed by atoms with Gasteiger partial charge in [0.25, 0.3) is 0 Å². The van der Waals surface area contributed by atoms with Gasteiger partial charge in [-0.3, -0.25) is 4.79 Å². The van der Waals surface area contributed by atoms with Crippen molar-refractivity contribution < 1.29 is 9.90 Å². The number of benzene rings is 3. The predicted octanol–water partition coefficient (Wildman–Crippen LogP) is 6.13. The Kier molecular flexibility index (Phi) is 7.59. The molecule has 6 heteroatoms. The zero-order valence-electron chi connectivity index (χ0n) is 18.6. The quantitative estimate of drug-likeness (QED) is 0.440. The molecular formula is C27H28Cl2N2O2. The maximum atomic E-state index is 14.1. The Hall–Kier alpha value is -2.53. The molecule has 1 aliphatic heterocycles. The fraction of sp³-hybridized carbons (Fsp3) is 0.296. The molecule has 1 fully saturated rings. The van der Waals surface area contributed by atoms with Crippen LogP contribution in [0.4, 0.5) is 0 Å². The first kappa shape index (κ1) is 23.6. The molecule has 0 saturated carbocycles. The third kappa shape index (κ3) is 5.70. The number of rotatable bonds is 7. The van der Waals surface area contributed by atoms with E-state index in [2.05, 4.69) is 4.90 Å². The van der Waals surface area contributed by atoms with Crippen LogP contribution in [0, 0.1) is 0 Å². The van der Waals surface area contributed by atoms with Gasteiger partial charge in [-0.15, -0.1) is 0 Å². The van der Waals surface area contributed by atoms with E-state index in [4.69, 9.17) is 23.2 Å². The molecule has 0 aromatic heterocycles. The standard InChI is InChI=1S/C27H28Cl2N2O2/c1-30(25(18-31-16-2-3-17-31)19-8-14-24(32)15-9-19)27(33)26(20-4-10-22(28)11-5-20)21-6-12-23(29)13-7-21/h4-15,25-26,32H,2-3,16-18H2,1H3/t25-/m1/s1. The topological polar surface area (TPSA) is 43.8 Å². The fourth-order valence-corrected chi connectivity index (χ4v) is 4.75. The number of nitrogens with zero attached hydrogens (tertiary/aromatic N) is 2. The summed E-state index contributed by atoms with van der Waals surface area (Å²) in [7, 11) is 1.87. The second kappa shape index (κ2) is 10.6. The summed E-state index contributed by atoms with van der Waals surface area (Å²) in [6, 6.07) is 21.9. The van der Waals surface area contributed by atoms with E-state index in [0.29, 0.717) is 10.0 Å². The number of likely N-dealkylation sites (tertiary alicyclic amines) is 1. The van der Waals surface area contributed by atoms with Crippen LogP contribution >= 0.6 is 23.2 Å². The van der Waals surface area contributed by atoms with E-state index >= 15 is 0 Å². The number of hydrogen-bond acceptors (Lipinski definition) is 3. The van der Waals surface area contributed by atoms with Gasteiger partial charge < -0.3 is 14.9 Å². The summed E-state index contributed by atoms with van der Waals surface area (Å²) in [6.07, 6.45) is 2.36. The van der Waals surface area contributed by atoms with Crippen molar-refractivity contribution >= 4 is 29.1 Å². The first-order chi connectivity index (χ1) is 15.9. The molecular weight excluding hydrogens is 455 g/mol. The number of carbonyl (C=O) groups excluding carboxylic acids is 1. The highest BCUT2D eigenvalue weighted by Gasteiger charge is 2.32. The van der Waals surface area contributed by atoms with Crippen LogP contribution in [0.15, 0.2) is 72.8 Å². The van der Waals surface area contributed by atoms with Gasteiger partial charge in [0.05, 0.1) is 12.0 Å². The summed E-state index contributed by atoms with van der Waals surface area (Å²) in [5.74, 6) is -0.271. The normalized spacial score (nSPS) is 15.0. The lowest BCUT2D eigenvalue weighted by Gasteiger charge is -2.34. The first-order valence-electron chi connectivity index (χ1n) is 11.2. The molecule has 3 aromatic rings. The second-order valence-electron chi connectivity index (χ2n) is 8.60. The minimum atomic E-state index is -0.484. The van der Waals surface area contributed by atoms with Crippen molar-refractivity contribution in [2.24, 2.45) is 0 Å². The predicted molar refractivity (Wildman–Crippen MR) is 134 cm³/mol. The van der Waals surface area contributed by atoms with E-state index in [1.807, 2.05) is 72.6 Å². The molecule has 1 N–H and O–H groups in total. The van der Waals surface area contributed by atoms with Gasteiger partial charge in [0, 0.05) is 23.6 Å². The number of halogens is 2. The van der Waals surface area contributed by atoms with Gasteiger partial charge in [-0.1, -0.05) is 59.6 Å². The van der Waals surface area contributed by atoms with Crippen LogP contribution in [0.1, 0.15) is 41.5 Å². The number of carbonyl (C=O) groups is 1. The number of amides is 1. The largest absolute Gasteiger partial charge is 0.508 e. The maximum Gasteiger partial charge on any atom is 0.234 e. The van der Waals surface area contributed by atoms with Crippen LogP contribution in [0.25, 0.3) is 0 Å². The molecule has 3 aromatic carbocycles. The summed E-state index contributed by atoms with van der Waals surface area (Å²) >= 11 is 12.2. The van der Waals surface area contributed by atoms with E-state index in [-0.39, 0.29) is 17.7 Å². The van der Waals surface area contributed by atoms with Crippen molar-refractivity contribution in [3.8, 4) is 5.75 Å². The van der Waals surface area contributed by atoms with E-state index in [9.17, 15) is 9.90 Å². The minimum absolute atomic E-state index is 0.00285. The Balaban J connectivity index is 1.70. The molecule has 0 bridgehead atoms. The van der Waals surface area contributed by atoms with Gasteiger partial charge in [-0.25, -0.2) is 0 Å². The van der Waals surface area contributed by atoms with E-state index in [0.717, 1.165) is 36.3 Å². The zero-order chi connectivity index (χ0) is 23.4. The highest BCUT2D eigenvalue weighted by Crippen LogP contribution is 2.33. The van der Waals surface area contributed by atoms with Crippen LogP contribution < -0.4 is 0 Å². The van der Waals surface area contributed by atoms with Crippen molar-refractivity contribution in [3.63, 3.8) is 0 Å². The summed E-state index contributed by atoms with van der Waals surface area (Å²) in [5, 5.41) is 11.0. The van der Waals surface area contributed by atoms with Crippen molar-refractivity contribution in [2.45, 2.75) is 24.8 Å². The Morgan fingerprint density at radius 1 is 0.848 bits per heavy atom. The lowest BCUT2D eigenvalue weighted by molar-refractivity contribution is -0.133. The van der Waals surface area contributed by atoms with Crippen LogP contribution in [0.3, 0.4) is 0 Å². The molecule has 4 nitrogen and oxygen atoms in total. The number of likely N-dealkylation sites (N-methyl/N-ethyl adjacent to an activating group) is 1. The van der Waals surface area contributed by atoms with Crippen LogP contribution in [-0.4, -0.2) is 47.5 Å². The molecule has 0 aliphatic carbocycles. The maximum absolute atomic E-state index is 14.1. The Bertz CT molecular complexity index is 1020. The average molecular weight is 483 g/mol. The minimum Gasteiger partial charge on any atom is -0.508 e. The Morgan fingerprint density at radius 2 is 1.30 bits per heavy atom. The van der Waals surface area contributed by atoms with Crippen molar-refractivity contribution in [1.29, 1.82) is 0 Å². The van der Waals surface area contributed by atoms with Gasteiger partial charge >= 0.3 is 0 Å². The van der Waals surface area contributed by atoms with Gasteiger partial charge in [0.2, 0.25) is 5.91 Å². The van der Waals surface area contributed by atoms with Crippen molar-refractivity contribution in [3.05, 3.63) is 99.5 Å². The number of phenolic OH excluding ortho intramolecular Hbond substituents is 1. The summed E-state index contributed by atoms with van der Waals surface area (Å²) in [6.45, 7) is 2.82. The third-order valence-corrected chi connectivity index (χ3v) is 6.88. The molecule has 0 unspecified atom stereocenters. The average Bonchev–Trinajstić information content (AvgIpc) is 3.34. The Labute approximate surface area is 205 Å². The van der Waals surface area contributed by atoms with Crippen molar-refractivity contribution in [1.82, 2.24) is 9.80 Å². The number of aromatic hydroxyl groups is 1. The lowest BCUT2D eigenvalue weighted by atomic mass is 9.89. The van der Waals surface area contributed by atoms with Gasteiger partial charge in [-0.2, -0.15) is 0 Å². The summed E-state index contributed by atoms with van der Waals surface area (Å²) in [5.41, 5.74) is 2.76. The number of phenols is 1. The second-order valence-corrected chi connectivity index (χ2v) is 9.47. The third-order valence-electron chi connectivity index (χ3n) is 6.38. The highest BCUT2D eigenvalue weighted by atomic mass is 35.5. The molecule has 1 saturated heterocycles. The van der Waals surface area contributed by atoms with E-state index in [1.165, 1.54) is 12.8 Å². The monoisotopic (exact) mass is 482 g/mol. The van der Waals surface area contributed by atoms with Crippen LogP contribution in [0.2, 0.25) is 10.0 Å². The van der Waals surface area contributed by atoms with Crippen molar-refractivity contribution in [2.75, 3.05) is 26.7 Å². The van der Waals surface area contributed by atoms with E-state index < -0.39 is 5.92 Å². The van der Waals surface area contributed by atoms with E-state index in [1.54, 1.807) is 12.1 Å². The zero-order valence-corrected chi connectivity index (χ0v) is 20.1. The molecule has 1 atom stereocenters. The Morgan fingerprint density at radius 3 is 1.79 bits per heavy atom. The molecule has 1 amide bonds. The smallest absolute Gasteiger partial charge is 0.234 e. The summed E-state index contributed by atoms with van der Waals surface area (Å²) in [4.78, 5) is 18.3. The number of hydrogen-bond donors (Lipinski definition) is 1. The molecule has 172 valence electrons. The first-order valence-corrected chi connectivity index (χ1v) is 12.0. The summed E-state index contributed by atoms with van der Waals surface area (Å²) < 4.78 is 0. The lowest BCUT2D eigenvalue weighted by Crippen LogP contribution is -2.41. The molecule has 1 aliphatic rings. The van der Waals surface area contributed by atoms with Gasteiger partial charge in [0.15, 0.2) is 0 Å². The van der Waals surface area contributed by atoms with Crippen LogP contribution in [-0.2, 0) is 4.79 Å². The molecule has 0 radical (unpaired) electrons.